The number of H-pyrrole nitrogens is 1. The minimum absolute atomic E-state index is 0.0577. The molecule has 0 bridgehead atoms. The molecule has 0 radical (unpaired) electrons. The normalized spacial score (nSPS) is 12.3. The summed E-state index contributed by atoms with van der Waals surface area (Å²) in [6.07, 6.45) is 2.69. The van der Waals surface area contributed by atoms with E-state index in [1.165, 1.54) is 0 Å². The van der Waals surface area contributed by atoms with Crippen molar-refractivity contribution >= 4 is 46.0 Å². The predicted octanol–water partition coefficient (Wildman–Crippen LogP) is 5.96. The molecule has 0 aliphatic rings. The molecule has 2 aromatic carbocycles. The van der Waals surface area contributed by atoms with Crippen LogP contribution in [0.4, 0.5) is 0 Å². The molecule has 1 amide bonds. The van der Waals surface area contributed by atoms with Gasteiger partial charge in [0.05, 0.1) is 23.2 Å². The van der Waals surface area contributed by atoms with Gasteiger partial charge >= 0.3 is 5.97 Å². The van der Waals surface area contributed by atoms with Crippen LogP contribution >= 0.6 is 23.2 Å². The number of hydrogen-bond acceptors (Lipinski definition) is 4. The zero-order valence-electron chi connectivity index (χ0n) is 21.4. The first kappa shape index (κ1) is 28.0. The monoisotopic (exact) mass is 531 g/mol. The topological polar surface area (TPSA) is 65.6 Å². The van der Waals surface area contributed by atoms with E-state index in [1.54, 1.807) is 26.0 Å². The number of nitrogens with one attached hydrogen (secondary N) is 1. The molecule has 36 heavy (non-hydrogen) atoms. The van der Waals surface area contributed by atoms with Crippen molar-refractivity contribution in [3.8, 4) is 0 Å². The molecule has 194 valence electrons. The average Bonchev–Trinajstić information content (AvgIpc) is 3.26. The Morgan fingerprint density at radius 3 is 2.50 bits per heavy atom. The molecule has 1 atom stereocenters. The van der Waals surface area contributed by atoms with Crippen molar-refractivity contribution in [3.05, 3.63) is 69.8 Å². The van der Waals surface area contributed by atoms with Gasteiger partial charge in [0.2, 0.25) is 5.91 Å². The third-order valence-corrected chi connectivity index (χ3v) is 6.89. The van der Waals surface area contributed by atoms with Gasteiger partial charge in [-0.3, -0.25) is 14.5 Å². The first-order valence-corrected chi connectivity index (χ1v) is 13.1. The van der Waals surface area contributed by atoms with E-state index in [-0.39, 0.29) is 24.3 Å². The summed E-state index contributed by atoms with van der Waals surface area (Å²) >= 11 is 12.4. The molecule has 6 nitrogen and oxygen atoms in total. The fourth-order valence-corrected chi connectivity index (χ4v) is 4.58. The van der Waals surface area contributed by atoms with Crippen LogP contribution in [0.2, 0.25) is 10.0 Å². The van der Waals surface area contributed by atoms with Crippen LogP contribution in [0.1, 0.15) is 38.8 Å². The molecular weight excluding hydrogens is 497 g/mol. The zero-order chi connectivity index (χ0) is 26.2. The summed E-state index contributed by atoms with van der Waals surface area (Å²) in [4.78, 5) is 33.2. The van der Waals surface area contributed by atoms with Crippen LogP contribution in [0, 0.1) is 5.92 Å². The van der Waals surface area contributed by atoms with Crippen molar-refractivity contribution in [2.75, 3.05) is 26.2 Å². The highest BCUT2D eigenvalue weighted by Gasteiger charge is 2.27. The van der Waals surface area contributed by atoms with Crippen LogP contribution < -0.4 is 0 Å². The Morgan fingerprint density at radius 1 is 1.06 bits per heavy atom. The summed E-state index contributed by atoms with van der Waals surface area (Å²) in [5.74, 6) is -0.0945. The van der Waals surface area contributed by atoms with E-state index in [9.17, 15) is 9.59 Å². The molecule has 3 rings (SSSR count). The van der Waals surface area contributed by atoms with Crippen molar-refractivity contribution in [2.24, 2.45) is 5.92 Å². The highest BCUT2D eigenvalue weighted by molar-refractivity contribution is 6.42. The van der Waals surface area contributed by atoms with E-state index in [4.69, 9.17) is 27.9 Å². The van der Waals surface area contributed by atoms with E-state index >= 15 is 0 Å². The Morgan fingerprint density at radius 2 is 1.81 bits per heavy atom. The highest BCUT2D eigenvalue weighted by Crippen LogP contribution is 2.24. The fourth-order valence-electron chi connectivity index (χ4n) is 4.26. The van der Waals surface area contributed by atoms with Crippen LogP contribution in [0.3, 0.4) is 0 Å². The van der Waals surface area contributed by atoms with Crippen LogP contribution in [-0.4, -0.2) is 58.9 Å². The van der Waals surface area contributed by atoms with Crippen LogP contribution in [0.15, 0.2) is 48.7 Å². The van der Waals surface area contributed by atoms with Crippen LogP contribution in [0.25, 0.3) is 10.9 Å². The van der Waals surface area contributed by atoms with Crippen molar-refractivity contribution < 1.29 is 14.3 Å². The van der Waals surface area contributed by atoms with E-state index < -0.39 is 6.04 Å². The second kappa shape index (κ2) is 13.1. The van der Waals surface area contributed by atoms with Gasteiger partial charge in [-0.05, 0) is 55.5 Å². The van der Waals surface area contributed by atoms with Gasteiger partial charge in [0, 0.05) is 36.7 Å². The van der Waals surface area contributed by atoms with Gasteiger partial charge in [-0.1, -0.05) is 61.3 Å². The lowest BCUT2D eigenvalue weighted by atomic mass is 10.1. The largest absolute Gasteiger partial charge is 0.465 e. The van der Waals surface area contributed by atoms with Crippen molar-refractivity contribution in [1.82, 2.24) is 14.8 Å². The lowest BCUT2D eigenvalue weighted by Crippen LogP contribution is -2.48. The van der Waals surface area contributed by atoms with Gasteiger partial charge in [0.25, 0.3) is 0 Å². The van der Waals surface area contributed by atoms with Gasteiger partial charge in [0.15, 0.2) is 0 Å². The number of esters is 1. The number of fused-ring (bicyclic) bond motifs is 1. The van der Waals surface area contributed by atoms with Gasteiger partial charge in [-0.2, -0.15) is 0 Å². The Labute approximate surface area is 223 Å². The first-order chi connectivity index (χ1) is 17.2. The molecule has 1 unspecified atom stereocenters. The summed E-state index contributed by atoms with van der Waals surface area (Å²) < 4.78 is 5.23. The second-order valence-electron chi connectivity index (χ2n) is 9.42. The summed E-state index contributed by atoms with van der Waals surface area (Å²) in [6.45, 7) is 9.66. The third kappa shape index (κ3) is 7.48. The molecule has 3 aromatic rings. The van der Waals surface area contributed by atoms with E-state index in [2.05, 4.69) is 24.9 Å². The van der Waals surface area contributed by atoms with E-state index in [0.717, 1.165) is 22.0 Å². The van der Waals surface area contributed by atoms with E-state index in [0.29, 0.717) is 42.7 Å². The smallest absolute Gasteiger partial charge is 0.323 e. The molecule has 1 N–H and O–H groups in total. The molecule has 8 heteroatoms. The van der Waals surface area contributed by atoms with Gasteiger partial charge < -0.3 is 14.6 Å². The zero-order valence-corrected chi connectivity index (χ0v) is 22.9. The van der Waals surface area contributed by atoms with Crippen molar-refractivity contribution in [2.45, 2.75) is 46.7 Å². The Bertz CT molecular complexity index is 1180. The minimum Gasteiger partial charge on any atom is -0.465 e. The number of halogens is 2. The molecule has 0 spiro atoms. The number of hydrogen-bond donors (Lipinski definition) is 1. The molecule has 0 fully saturated rings. The molecule has 0 saturated heterocycles. The maximum absolute atomic E-state index is 13.7. The summed E-state index contributed by atoms with van der Waals surface area (Å²) in [6, 6.07) is 13.0. The molecule has 1 heterocycles. The van der Waals surface area contributed by atoms with E-state index in [1.807, 2.05) is 40.3 Å². The number of benzene rings is 2. The average molecular weight is 533 g/mol. The Hall–Kier alpha value is -2.54. The molecule has 1 aromatic heterocycles. The number of amides is 1. The number of para-hydroxylation sites is 1. The Balaban J connectivity index is 1.82. The summed E-state index contributed by atoms with van der Waals surface area (Å²) in [7, 11) is 0. The number of aromatic nitrogens is 1. The van der Waals surface area contributed by atoms with Gasteiger partial charge in [-0.15, -0.1) is 0 Å². The standard InChI is InChI=1S/C28H35Cl2N3O3/c1-5-36-28(35)20(4)33(16-19(2)3)18-27(34)32(17-21-10-11-24(29)25(30)14-21)13-12-22-15-31-26-9-7-6-8-23(22)26/h6-11,14-15,19-20,31H,5,12-13,16-18H2,1-4H3. The lowest BCUT2D eigenvalue weighted by Gasteiger charge is -2.31. The van der Waals surface area contributed by atoms with Crippen LogP contribution in [0.5, 0.6) is 0 Å². The molecule has 0 aliphatic carbocycles. The van der Waals surface area contributed by atoms with Crippen molar-refractivity contribution in [3.63, 3.8) is 0 Å². The fraction of sp³-hybridized carbons (Fsp3) is 0.429. The highest BCUT2D eigenvalue weighted by atomic mass is 35.5. The van der Waals surface area contributed by atoms with Gasteiger partial charge in [0.1, 0.15) is 6.04 Å². The molecular formula is C28H35Cl2N3O3. The summed E-state index contributed by atoms with van der Waals surface area (Å²) in [5, 5.41) is 2.08. The number of nitrogens with zero attached hydrogens (tertiary/aromatic N) is 2. The number of aromatic amines is 1. The minimum atomic E-state index is -0.517. The first-order valence-electron chi connectivity index (χ1n) is 12.4. The number of carbonyl (C=O) groups is 2. The number of ether oxygens (including phenoxy) is 1. The maximum Gasteiger partial charge on any atom is 0.323 e. The predicted molar refractivity (Wildman–Crippen MR) is 146 cm³/mol. The second-order valence-corrected chi connectivity index (χ2v) is 10.2. The molecule has 0 saturated carbocycles. The van der Waals surface area contributed by atoms with Crippen LogP contribution in [-0.2, 0) is 27.3 Å². The SMILES string of the molecule is CCOC(=O)C(C)N(CC(=O)N(CCc1c[nH]c2ccccc12)Cc1ccc(Cl)c(Cl)c1)CC(C)C. The quantitative estimate of drug-likeness (QED) is 0.293. The van der Waals surface area contributed by atoms with Gasteiger partial charge in [-0.25, -0.2) is 0 Å². The summed E-state index contributed by atoms with van der Waals surface area (Å²) in [5.41, 5.74) is 3.11. The number of rotatable bonds is 12. The van der Waals surface area contributed by atoms with Crippen molar-refractivity contribution in [1.29, 1.82) is 0 Å². The number of carbonyl (C=O) groups excluding carboxylic acids is 2. The Kier molecular flexibility index (Phi) is 10.2. The molecule has 0 aliphatic heterocycles. The lowest BCUT2D eigenvalue weighted by molar-refractivity contribution is -0.150. The maximum atomic E-state index is 13.7. The third-order valence-electron chi connectivity index (χ3n) is 6.15.